The van der Waals surface area contributed by atoms with Crippen LogP contribution < -0.4 is 5.32 Å². The van der Waals surface area contributed by atoms with Gasteiger partial charge in [-0.2, -0.15) is 0 Å². The lowest BCUT2D eigenvalue weighted by Crippen LogP contribution is -2.25. The van der Waals surface area contributed by atoms with Crippen molar-refractivity contribution < 1.29 is 4.79 Å². The van der Waals surface area contributed by atoms with Crippen LogP contribution >= 0.6 is 0 Å². The minimum atomic E-state index is -0.0203. The monoisotopic (exact) mass is 425 g/mol. The number of aryl methyl sites for hydroxylation is 5. The van der Waals surface area contributed by atoms with Crippen LogP contribution in [-0.4, -0.2) is 22.0 Å². The smallest absolute Gasteiger partial charge is 0.251 e. The lowest BCUT2D eigenvalue weighted by Gasteiger charge is -2.15. The molecule has 0 aliphatic carbocycles. The van der Waals surface area contributed by atoms with Crippen LogP contribution in [0.3, 0.4) is 0 Å². The van der Waals surface area contributed by atoms with Crippen molar-refractivity contribution in [2.45, 2.75) is 47.1 Å². The highest BCUT2D eigenvalue weighted by Gasteiger charge is 2.14. The summed E-state index contributed by atoms with van der Waals surface area (Å²) in [6, 6.07) is 20.5. The molecule has 4 heteroatoms. The first-order valence-corrected chi connectivity index (χ1v) is 11.3. The number of aromatic nitrogens is 2. The molecule has 164 valence electrons. The highest BCUT2D eigenvalue weighted by molar-refractivity contribution is 5.94. The van der Waals surface area contributed by atoms with Crippen molar-refractivity contribution in [1.82, 2.24) is 14.9 Å². The Balaban J connectivity index is 1.50. The third kappa shape index (κ3) is 4.75. The van der Waals surface area contributed by atoms with Crippen LogP contribution in [0.15, 0.2) is 60.7 Å². The van der Waals surface area contributed by atoms with Crippen molar-refractivity contribution in [1.29, 1.82) is 0 Å². The molecule has 4 aromatic rings. The van der Waals surface area contributed by atoms with Gasteiger partial charge in [0, 0.05) is 25.1 Å². The minimum Gasteiger partial charge on any atom is -0.352 e. The number of rotatable bonds is 7. The first-order chi connectivity index (χ1) is 15.4. The standard InChI is InChI=1S/C28H31N3O/c1-19-9-7-10-23(17-19)28(32)29-14-8-13-27-30-25-11-5-6-12-26(25)31(27)18-24-21(3)15-20(2)16-22(24)4/h5-7,9-12,15-17H,8,13-14,18H2,1-4H3,(H,29,32). The van der Waals surface area contributed by atoms with E-state index in [1.165, 1.54) is 22.3 Å². The molecule has 0 aliphatic rings. The normalized spacial score (nSPS) is 11.1. The Morgan fingerprint density at radius 1 is 0.906 bits per heavy atom. The summed E-state index contributed by atoms with van der Waals surface area (Å²) in [6.07, 6.45) is 1.65. The number of nitrogens with zero attached hydrogens (tertiary/aromatic N) is 2. The quantitative estimate of drug-likeness (QED) is 0.387. The van der Waals surface area contributed by atoms with Crippen molar-refractivity contribution >= 4 is 16.9 Å². The number of hydrogen-bond acceptors (Lipinski definition) is 2. The molecule has 0 spiro atoms. The number of carbonyl (C=O) groups is 1. The molecule has 0 saturated carbocycles. The number of amides is 1. The Hall–Kier alpha value is -3.40. The maximum atomic E-state index is 12.4. The molecule has 1 amide bonds. The summed E-state index contributed by atoms with van der Waals surface area (Å²) in [4.78, 5) is 17.4. The van der Waals surface area contributed by atoms with Crippen molar-refractivity contribution in [2.75, 3.05) is 6.54 Å². The van der Waals surface area contributed by atoms with Crippen LogP contribution in [0.25, 0.3) is 11.0 Å². The number of benzene rings is 3. The van der Waals surface area contributed by atoms with E-state index in [-0.39, 0.29) is 5.91 Å². The number of para-hydroxylation sites is 2. The lowest BCUT2D eigenvalue weighted by atomic mass is 9.99. The fourth-order valence-corrected chi connectivity index (χ4v) is 4.45. The van der Waals surface area contributed by atoms with Gasteiger partial charge in [-0.1, -0.05) is 47.5 Å². The van der Waals surface area contributed by atoms with Gasteiger partial charge in [0.2, 0.25) is 0 Å². The maximum absolute atomic E-state index is 12.4. The molecule has 0 aliphatic heterocycles. The molecule has 0 radical (unpaired) electrons. The van der Waals surface area contributed by atoms with Crippen molar-refractivity contribution in [3.05, 3.63) is 99.9 Å². The summed E-state index contributed by atoms with van der Waals surface area (Å²) in [6.45, 7) is 9.96. The molecule has 1 aromatic heterocycles. The van der Waals surface area contributed by atoms with Gasteiger partial charge in [0.25, 0.3) is 5.91 Å². The topological polar surface area (TPSA) is 46.9 Å². The van der Waals surface area contributed by atoms with Gasteiger partial charge in [-0.3, -0.25) is 4.79 Å². The first-order valence-electron chi connectivity index (χ1n) is 11.3. The molecule has 0 fully saturated rings. The zero-order chi connectivity index (χ0) is 22.7. The van der Waals surface area contributed by atoms with E-state index in [1.807, 2.05) is 37.3 Å². The summed E-state index contributed by atoms with van der Waals surface area (Å²) in [5.41, 5.74) is 9.26. The van der Waals surface area contributed by atoms with Gasteiger partial charge in [0.05, 0.1) is 11.0 Å². The Morgan fingerprint density at radius 3 is 2.41 bits per heavy atom. The number of carbonyl (C=O) groups excluding carboxylic acids is 1. The molecule has 1 N–H and O–H groups in total. The molecule has 1 heterocycles. The number of nitrogens with one attached hydrogen (secondary N) is 1. The third-order valence-electron chi connectivity index (χ3n) is 6.03. The second kappa shape index (κ2) is 9.39. The van der Waals surface area contributed by atoms with Gasteiger partial charge in [0.15, 0.2) is 0 Å². The second-order valence-electron chi connectivity index (χ2n) is 8.71. The zero-order valence-corrected chi connectivity index (χ0v) is 19.4. The highest BCUT2D eigenvalue weighted by Crippen LogP contribution is 2.23. The third-order valence-corrected chi connectivity index (χ3v) is 6.03. The number of imidazole rings is 1. The van der Waals surface area contributed by atoms with Crippen LogP contribution in [-0.2, 0) is 13.0 Å². The summed E-state index contributed by atoms with van der Waals surface area (Å²) >= 11 is 0. The molecular weight excluding hydrogens is 394 g/mol. The molecule has 4 rings (SSSR count). The van der Waals surface area contributed by atoms with E-state index in [1.54, 1.807) is 0 Å². The molecule has 0 saturated heterocycles. The van der Waals surface area contributed by atoms with Crippen molar-refractivity contribution in [3.8, 4) is 0 Å². The molecule has 3 aromatic carbocycles. The molecule has 32 heavy (non-hydrogen) atoms. The van der Waals surface area contributed by atoms with Gasteiger partial charge in [-0.25, -0.2) is 4.98 Å². The van der Waals surface area contributed by atoms with Crippen LogP contribution in [0.5, 0.6) is 0 Å². The summed E-state index contributed by atoms with van der Waals surface area (Å²) < 4.78 is 2.34. The highest BCUT2D eigenvalue weighted by atomic mass is 16.1. The Labute approximate surface area is 190 Å². The van der Waals surface area contributed by atoms with Crippen molar-refractivity contribution in [3.63, 3.8) is 0 Å². The summed E-state index contributed by atoms with van der Waals surface area (Å²) in [5, 5.41) is 3.05. The maximum Gasteiger partial charge on any atom is 0.251 e. The Bertz CT molecular complexity index is 1250. The molecule has 4 nitrogen and oxygen atoms in total. The second-order valence-corrected chi connectivity index (χ2v) is 8.71. The summed E-state index contributed by atoms with van der Waals surface area (Å²) in [5.74, 6) is 1.04. The van der Waals surface area contributed by atoms with E-state index in [9.17, 15) is 4.79 Å². The molecule has 0 bridgehead atoms. The summed E-state index contributed by atoms with van der Waals surface area (Å²) in [7, 11) is 0. The first kappa shape index (κ1) is 21.8. The Morgan fingerprint density at radius 2 is 1.66 bits per heavy atom. The van der Waals surface area contributed by atoms with Crippen molar-refractivity contribution in [2.24, 2.45) is 0 Å². The van der Waals surface area contributed by atoms with Gasteiger partial charge in [-0.05, 0) is 75.1 Å². The lowest BCUT2D eigenvalue weighted by molar-refractivity contribution is 0.0953. The minimum absolute atomic E-state index is 0.0203. The van der Waals surface area contributed by atoms with Crippen LogP contribution in [0, 0.1) is 27.7 Å². The average molecular weight is 426 g/mol. The van der Waals surface area contributed by atoms with Gasteiger partial charge in [0.1, 0.15) is 5.82 Å². The molecule has 0 unspecified atom stereocenters. The Kier molecular flexibility index (Phi) is 6.40. The predicted molar refractivity (Wildman–Crippen MR) is 131 cm³/mol. The van der Waals surface area contributed by atoms with E-state index in [2.05, 4.69) is 61.0 Å². The van der Waals surface area contributed by atoms with E-state index < -0.39 is 0 Å². The van der Waals surface area contributed by atoms with Gasteiger partial charge >= 0.3 is 0 Å². The molecular formula is C28H31N3O. The largest absolute Gasteiger partial charge is 0.352 e. The average Bonchev–Trinajstić information content (AvgIpc) is 3.10. The SMILES string of the molecule is Cc1cccc(C(=O)NCCCc2nc3ccccc3n2Cc2c(C)cc(C)cc2C)c1. The number of fused-ring (bicyclic) bond motifs is 1. The van der Waals surface area contributed by atoms with E-state index >= 15 is 0 Å². The number of hydrogen-bond donors (Lipinski definition) is 1. The van der Waals surface area contributed by atoms with Crippen LogP contribution in [0.1, 0.15) is 50.4 Å². The zero-order valence-electron chi connectivity index (χ0n) is 19.4. The van der Waals surface area contributed by atoms with E-state index in [0.29, 0.717) is 12.1 Å². The fourth-order valence-electron chi connectivity index (χ4n) is 4.45. The van der Waals surface area contributed by atoms with Crippen LogP contribution in [0.2, 0.25) is 0 Å². The van der Waals surface area contributed by atoms with Crippen LogP contribution in [0.4, 0.5) is 0 Å². The van der Waals surface area contributed by atoms with E-state index in [4.69, 9.17) is 4.98 Å². The van der Waals surface area contributed by atoms with Gasteiger partial charge < -0.3 is 9.88 Å². The van der Waals surface area contributed by atoms with E-state index in [0.717, 1.165) is 41.8 Å². The predicted octanol–water partition coefficient (Wildman–Crippen LogP) is 5.68. The molecule has 0 atom stereocenters. The fraction of sp³-hybridized carbons (Fsp3) is 0.286. The van der Waals surface area contributed by atoms with Gasteiger partial charge in [-0.15, -0.1) is 0 Å².